The Labute approximate surface area is 80.6 Å². The Hall–Kier alpha value is -0.160. The van der Waals surface area contributed by atoms with E-state index < -0.39 is 0 Å². The zero-order valence-corrected chi connectivity index (χ0v) is 8.50. The topological polar surface area (TPSA) is 70.5 Å². The second-order valence-electron chi connectivity index (χ2n) is 3.04. The van der Waals surface area contributed by atoms with Gasteiger partial charge in [-0.25, -0.2) is 0 Å². The predicted octanol–water partition coefficient (Wildman–Crippen LogP) is 0.106. The molecule has 0 bridgehead atoms. The van der Waals surface area contributed by atoms with E-state index in [9.17, 15) is 0 Å². The standard InChI is InChI=1S/C9H22N2O2/c1-9(13-7-3-5-11)8-12-6-2-4-10/h9H,2-8,10-11H2,1H3. The second kappa shape index (κ2) is 9.92. The molecular formula is C9H22N2O2. The molecule has 0 fully saturated rings. The molecule has 0 aliphatic rings. The van der Waals surface area contributed by atoms with Crippen LogP contribution in [-0.2, 0) is 9.47 Å². The van der Waals surface area contributed by atoms with E-state index in [1.807, 2.05) is 6.92 Å². The van der Waals surface area contributed by atoms with E-state index >= 15 is 0 Å². The molecule has 0 aliphatic heterocycles. The van der Waals surface area contributed by atoms with Crippen molar-refractivity contribution in [3.8, 4) is 0 Å². The van der Waals surface area contributed by atoms with E-state index in [4.69, 9.17) is 20.9 Å². The van der Waals surface area contributed by atoms with Crippen LogP contribution in [0, 0.1) is 0 Å². The summed E-state index contributed by atoms with van der Waals surface area (Å²) in [4.78, 5) is 0. The first-order valence-corrected chi connectivity index (χ1v) is 4.90. The van der Waals surface area contributed by atoms with Crippen LogP contribution >= 0.6 is 0 Å². The van der Waals surface area contributed by atoms with Crippen LogP contribution in [0.5, 0.6) is 0 Å². The zero-order valence-electron chi connectivity index (χ0n) is 8.50. The summed E-state index contributed by atoms with van der Waals surface area (Å²) in [5, 5.41) is 0. The number of ether oxygens (including phenoxy) is 2. The number of hydrogen-bond acceptors (Lipinski definition) is 4. The summed E-state index contributed by atoms with van der Waals surface area (Å²) in [6.07, 6.45) is 1.98. The molecule has 0 radical (unpaired) electrons. The fourth-order valence-electron chi connectivity index (χ4n) is 0.851. The van der Waals surface area contributed by atoms with Crippen LogP contribution in [0.1, 0.15) is 19.8 Å². The molecule has 1 atom stereocenters. The van der Waals surface area contributed by atoms with Crippen molar-refractivity contribution in [3.63, 3.8) is 0 Å². The highest BCUT2D eigenvalue weighted by Crippen LogP contribution is 1.93. The molecule has 0 heterocycles. The first-order chi connectivity index (χ1) is 6.31. The summed E-state index contributed by atoms with van der Waals surface area (Å²) < 4.78 is 10.8. The van der Waals surface area contributed by atoms with Crippen molar-refractivity contribution in [2.24, 2.45) is 11.5 Å². The van der Waals surface area contributed by atoms with Gasteiger partial charge in [-0.05, 0) is 32.9 Å². The Bertz CT molecular complexity index is 102. The van der Waals surface area contributed by atoms with Gasteiger partial charge in [0.15, 0.2) is 0 Å². The molecular weight excluding hydrogens is 168 g/mol. The fourth-order valence-corrected chi connectivity index (χ4v) is 0.851. The average Bonchev–Trinajstić information content (AvgIpc) is 2.13. The Morgan fingerprint density at radius 3 is 2.31 bits per heavy atom. The first kappa shape index (κ1) is 12.8. The van der Waals surface area contributed by atoms with Gasteiger partial charge in [0.2, 0.25) is 0 Å². The van der Waals surface area contributed by atoms with E-state index in [2.05, 4.69) is 0 Å². The Kier molecular flexibility index (Phi) is 9.80. The molecule has 4 N–H and O–H groups in total. The van der Waals surface area contributed by atoms with Gasteiger partial charge < -0.3 is 20.9 Å². The summed E-state index contributed by atoms with van der Waals surface area (Å²) in [6.45, 7) is 5.45. The van der Waals surface area contributed by atoms with Crippen molar-refractivity contribution < 1.29 is 9.47 Å². The van der Waals surface area contributed by atoms with Crippen molar-refractivity contribution in [2.45, 2.75) is 25.9 Å². The maximum absolute atomic E-state index is 5.43. The van der Waals surface area contributed by atoms with E-state index in [-0.39, 0.29) is 6.10 Å². The van der Waals surface area contributed by atoms with Gasteiger partial charge in [-0.2, -0.15) is 0 Å². The SMILES string of the molecule is CC(COCCCN)OCCCN. The zero-order chi connectivity index (χ0) is 9.94. The molecule has 0 spiro atoms. The maximum atomic E-state index is 5.43. The largest absolute Gasteiger partial charge is 0.379 e. The summed E-state index contributed by atoms with van der Waals surface area (Å²) in [7, 11) is 0. The van der Waals surface area contributed by atoms with Gasteiger partial charge in [-0.1, -0.05) is 0 Å². The minimum absolute atomic E-state index is 0.157. The van der Waals surface area contributed by atoms with Gasteiger partial charge in [0.1, 0.15) is 0 Å². The molecule has 0 saturated carbocycles. The van der Waals surface area contributed by atoms with Crippen molar-refractivity contribution in [1.29, 1.82) is 0 Å². The van der Waals surface area contributed by atoms with Crippen molar-refractivity contribution >= 4 is 0 Å². The molecule has 0 aromatic rings. The van der Waals surface area contributed by atoms with Gasteiger partial charge >= 0.3 is 0 Å². The Balaban J connectivity index is 3.05. The Morgan fingerprint density at radius 2 is 1.69 bits per heavy atom. The number of hydrogen-bond donors (Lipinski definition) is 2. The van der Waals surface area contributed by atoms with E-state index in [0.717, 1.165) is 26.1 Å². The lowest BCUT2D eigenvalue weighted by Gasteiger charge is -2.12. The van der Waals surface area contributed by atoms with Crippen LogP contribution in [0.15, 0.2) is 0 Å². The van der Waals surface area contributed by atoms with Crippen LogP contribution in [0.4, 0.5) is 0 Å². The lowest BCUT2D eigenvalue weighted by atomic mass is 10.4. The third kappa shape index (κ3) is 9.76. The second-order valence-corrected chi connectivity index (χ2v) is 3.04. The number of nitrogens with two attached hydrogens (primary N) is 2. The van der Waals surface area contributed by atoms with E-state index in [1.54, 1.807) is 0 Å². The lowest BCUT2D eigenvalue weighted by Crippen LogP contribution is -2.19. The highest BCUT2D eigenvalue weighted by atomic mass is 16.5. The smallest absolute Gasteiger partial charge is 0.0780 e. The summed E-state index contributed by atoms with van der Waals surface area (Å²) >= 11 is 0. The summed E-state index contributed by atoms with van der Waals surface area (Å²) in [5.74, 6) is 0. The van der Waals surface area contributed by atoms with Crippen LogP contribution in [0.25, 0.3) is 0 Å². The third-order valence-corrected chi connectivity index (χ3v) is 1.60. The van der Waals surface area contributed by atoms with Gasteiger partial charge in [0.25, 0.3) is 0 Å². The van der Waals surface area contributed by atoms with Crippen molar-refractivity contribution in [2.75, 3.05) is 32.9 Å². The molecule has 0 aliphatic carbocycles. The quantitative estimate of drug-likeness (QED) is 0.506. The lowest BCUT2D eigenvalue weighted by molar-refractivity contribution is -0.00694. The van der Waals surface area contributed by atoms with Gasteiger partial charge in [-0.15, -0.1) is 0 Å². The van der Waals surface area contributed by atoms with Crippen LogP contribution in [0.2, 0.25) is 0 Å². The molecule has 0 rings (SSSR count). The third-order valence-electron chi connectivity index (χ3n) is 1.60. The highest BCUT2D eigenvalue weighted by molar-refractivity contribution is 4.48. The van der Waals surface area contributed by atoms with Gasteiger partial charge in [0, 0.05) is 13.2 Å². The van der Waals surface area contributed by atoms with Crippen LogP contribution in [0.3, 0.4) is 0 Å². The van der Waals surface area contributed by atoms with Gasteiger partial charge in [-0.3, -0.25) is 0 Å². The minimum atomic E-state index is 0.157. The highest BCUT2D eigenvalue weighted by Gasteiger charge is 2.00. The molecule has 1 unspecified atom stereocenters. The van der Waals surface area contributed by atoms with Crippen molar-refractivity contribution in [1.82, 2.24) is 0 Å². The molecule has 80 valence electrons. The molecule has 0 aromatic carbocycles. The molecule has 0 amide bonds. The predicted molar refractivity (Wildman–Crippen MR) is 53.6 cm³/mol. The number of rotatable bonds is 9. The van der Waals surface area contributed by atoms with Crippen molar-refractivity contribution in [3.05, 3.63) is 0 Å². The first-order valence-electron chi connectivity index (χ1n) is 4.90. The minimum Gasteiger partial charge on any atom is -0.379 e. The van der Waals surface area contributed by atoms with Crippen LogP contribution < -0.4 is 11.5 Å². The normalized spacial score (nSPS) is 13.2. The molecule has 0 saturated heterocycles. The monoisotopic (exact) mass is 190 g/mol. The van der Waals surface area contributed by atoms with E-state index in [0.29, 0.717) is 19.7 Å². The Morgan fingerprint density at radius 1 is 1.08 bits per heavy atom. The molecule has 13 heavy (non-hydrogen) atoms. The van der Waals surface area contributed by atoms with Gasteiger partial charge in [0.05, 0.1) is 12.7 Å². The maximum Gasteiger partial charge on any atom is 0.0780 e. The van der Waals surface area contributed by atoms with Crippen LogP contribution in [-0.4, -0.2) is 39.0 Å². The average molecular weight is 190 g/mol. The fraction of sp³-hybridized carbons (Fsp3) is 1.00. The summed E-state index contributed by atoms with van der Waals surface area (Å²) in [5.41, 5.74) is 10.6. The molecule has 0 aromatic heterocycles. The summed E-state index contributed by atoms with van der Waals surface area (Å²) in [6, 6.07) is 0. The van der Waals surface area contributed by atoms with E-state index in [1.165, 1.54) is 0 Å². The molecule has 4 nitrogen and oxygen atoms in total. The molecule has 4 heteroatoms.